The van der Waals surface area contributed by atoms with Gasteiger partial charge in [0, 0.05) is 0 Å². The van der Waals surface area contributed by atoms with Crippen LogP contribution in [0.4, 0.5) is 30.7 Å². The second-order valence-corrected chi connectivity index (χ2v) is 4.27. The molecule has 1 heterocycles. The number of alkyl halides is 6. The molecule has 0 fully saturated rings. The summed E-state index contributed by atoms with van der Waals surface area (Å²) >= 11 is 0. The summed E-state index contributed by atoms with van der Waals surface area (Å²) in [5.41, 5.74) is -2.20. The lowest BCUT2D eigenvalue weighted by atomic mass is 10.1. The summed E-state index contributed by atoms with van der Waals surface area (Å²) in [7, 11) is 5.14. The Morgan fingerprint density at radius 3 is 2.35 bits per heavy atom. The monoisotopic (exact) mass is 339 g/mol. The van der Waals surface area contributed by atoms with Crippen molar-refractivity contribution in [2.75, 3.05) is 0 Å². The van der Waals surface area contributed by atoms with Crippen LogP contribution in [0.1, 0.15) is 5.56 Å². The highest BCUT2D eigenvalue weighted by molar-refractivity contribution is 6.28. The molecule has 2 radical (unpaired) electrons. The van der Waals surface area contributed by atoms with E-state index >= 15 is 0 Å². The molecule has 1 aromatic carbocycles. The fourth-order valence-corrected chi connectivity index (χ4v) is 1.58. The molecule has 0 N–H and O–H groups in total. The van der Waals surface area contributed by atoms with Crippen LogP contribution in [0, 0.1) is 5.82 Å². The van der Waals surface area contributed by atoms with Gasteiger partial charge < -0.3 is 4.74 Å². The molecule has 23 heavy (non-hydrogen) atoms. The Morgan fingerprint density at radius 2 is 1.78 bits per heavy atom. The van der Waals surface area contributed by atoms with Crippen molar-refractivity contribution in [3.63, 3.8) is 0 Å². The van der Waals surface area contributed by atoms with Crippen molar-refractivity contribution >= 4 is 13.6 Å². The van der Waals surface area contributed by atoms with Crippen LogP contribution in [0.25, 0.3) is 0 Å². The number of hydrogen-bond acceptors (Lipinski definition) is 3. The van der Waals surface area contributed by atoms with Crippen molar-refractivity contribution in [1.82, 2.24) is 14.8 Å². The molecule has 0 spiro atoms. The minimum absolute atomic E-state index is 0.228. The van der Waals surface area contributed by atoms with Gasteiger partial charge in [-0.05, 0) is 18.2 Å². The second kappa shape index (κ2) is 5.74. The van der Waals surface area contributed by atoms with Crippen LogP contribution < -0.4 is 10.5 Å². The van der Waals surface area contributed by atoms with Gasteiger partial charge in [0.05, 0.1) is 11.3 Å². The summed E-state index contributed by atoms with van der Waals surface area (Å²) in [6.07, 6.45) is -9.68. The van der Waals surface area contributed by atoms with Crippen molar-refractivity contribution < 1.29 is 35.5 Å². The molecule has 0 unspecified atom stereocenters. The van der Waals surface area contributed by atoms with E-state index in [4.69, 9.17) is 12.6 Å². The van der Waals surface area contributed by atoms with Gasteiger partial charge in [0.1, 0.15) is 18.1 Å². The molecule has 12 heteroatoms. The molecule has 4 nitrogen and oxygen atoms in total. The lowest BCUT2D eigenvalue weighted by molar-refractivity contribution is -0.143. The number of nitrogens with zero attached hydrogens (tertiary/aromatic N) is 3. The molecule has 0 saturated heterocycles. The van der Waals surface area contributed by atoms with Gasteiger partial charge in [0.25, 0.3) is 0 Å². The Kier molecular flexibility index (Phi) is 4.27. The van der Waals surface area contributed by atoms with Crippen LogP contribution in [0.5, 0.6) is 11.8 Å². The Hall–Kier alpha value is -2.27. The zero-order valence-corrected chi connectivity index (χ0v) is 10.9. The molecule has 0 atom stereocenters. The molecule has 122 valence electrons. The lowest BCUT2D eigenvalue weighted by Gasteiger charge is -2.12. The Morgan fingerprint density at radius 1 is 1.13 bits per heavy atom. The normalized spacial score (nSPS) is 12.5. The summed E-state index contributed by atoms with van der Waals surface area (Å²) in [6, 6.07) is 0.775. The molecule has 0 aliphatic heterocycles. The molecular weight excluding hydrogens is 334 g/mol. The van der Waals surface area contributed by atoms with Crippen molar-refractivity contribution in [2.45, 2.75) is 18.9 Å². The van der Waals surface area contributed by atoms with Crippen molar-refractivity contribution in [3.05, 3.63) is 29.6 Å². The summed E-state index contributed by atoms with van der Waals surface area (Å²) in [5.74, 6) is -2.13. The van der Waals surface area contributed by atoms with E-state index in [1.807, 2.05) is 0 Å². The van der Waals surface area contributed by atoms with E-state index in [2.05, 4.69) is 10.1 Å². The minimum atomic E-state index is -5.00. The van der Waals surface area contributed by atoms with Gasteiger partial charge in [-0.15, -0.1) is 0 Å². The summed E-state index contributed by atoms with van der Waals surface area (Å²) in [6.45, 7) is -1.61. The number of ether oxygens (including phenoxy) is 1. The SMILES string of the molecule is [B]c1nc(Oc2ccc(F)c(C(F)(F)F)c2)n(CC(F)(F)F)n1. The van der Waals surface area contributed by atoms with Gasteiger partial charge in [-0.25, -0.2) is 9.07 Å². The van der Waals surface area contributed by atoms with Crippen molar-refractivity contribution in [3.8, 4) is 11.8 Å². The first-order valence-corrected chi connectivity index (χ1v) is 5.77. The van der Waals surface area contributed by atoms with Crippen molar-refractivity contribution in [2.24, 2.45) is 0 Å². The fourth-order valence-electron chi connectivity index (χ4n) is 1.58. The highest BCUT2D eigenvalue weighted by Crippen LogP contribution is 2.34. The van der Waals surface area contributed by atoms with Crippen LogP contribution in [0.3, 0.4) is 0 Å². The third-order valence-corrected chi connectivity index (χ3v) is 2.44. The summed E-state index contributed by atoms with van der Waals surface area (Å²) < 4.78 is 93.0. The van der Waals surface area contributed by atoms with Crippen LogP contribution in [-0.2, 0) is 12.7 Å². The molecule has 0 aliphatic rings. The lowest BCUT2D eigenvalue weighted by Crippen LogP contribution is -2.20. The fraction of sp³-hybridized carbons (Fsp3) is 0.273. The zero-order valence-electron chi connectivity index (χ0n) is 10.9. The quantitative estimate of drug-likeness (QED) is 0.638. The molecule has 0 aliphatic carbocycles. The summed E-state index contributed by atoms with van der Waals surface area (Å²) in [5, 5.41) is 3.22. The van der Waals surface area contributed by atoms with Crippen LogP contribution in [0.15, 0.2) is 18.2 Å². The van der Waals surface area contributed by atoms with Crippen LogP contribution in [-0.4, -0.2) is 28.8 Å². The molecule has 2 aromatic rings. The maximum Gasteiger partial charge on any atom is 0.419 e. The topological polar surface area (TPSA) is 39.9 Å². The standard InChI is InChI=1S/C11H5BF7N3O/c12-8-20-9(22(21-8)4-10(14,15)16)23-5-1-2-7(13)6(3-5)11(17,18)19/h1-3H,4H2. The van der Waals surface area contributed by atoms with Gasteiger partial charge >= 0.3 is 18.4 Å². The van der Waals surface area contributed by atoms with E-state index in [9.17, 15) is 30.7 Å². The highest BCUT2D eigenvalue weighted by Gasteiger charge is 2.35. The van der Waals surface area contributed by atoms with Gasteiger partial charge in [0.2, 0.25) is 0 Å². The van der Waals surface area contributed by atoms with Crippen molar-refractivity contribution in [1.29, 1.82) is 0 Å². The maximum absolute atomic E-state index is 13.1. The number of rotatable bonds is 3. The van der Waals surface area contributed by atoms with Gasteiger partial charge in [0.15, 0.2) is 7.85 Å². The van der Waals surface area contributed by atoms with Crippen LogP contribution >= 0.6 is 0 Å². The molecule has 0 saturated carbocycles. The summed E-state index contributed by atoms with van der Waals surface area (Å²) in [4.78, 5) is 3.34. The van der Waals surface area contributed by atoms with E-state index < -0.39 is 47.8 Å². The Bertz CT molecular complexity index is 711. The van der Waals surface area contributed by atoms with Crippen LogP contribution in [0.2, 0.25) is 0 Å². The molecular formula is C11H5BF7N3O. The van der Waals surface area contributed by atoms with Gasteiger partial charge in [-0.3, -0.25) is 0 Å². The highest BCUT2D eigenvalue weighted by atomic mass is 19.4. The number of benzene rings is 1. The predicted octanol–water partition coefficient (Wildman–Crippen LogP) is 2.58. The van der Waals surface area contributed by atoms with E-state index in [1.54, 1.807) is 0 Å². The van der Waals surface area contributed by atoms with Gasteiger partial charge in [-0.2, -0.15) is 36.4 Å². The average Bonchev–Trinajstić information content (AvgIpc) is 2.68. The second-order valence-electron chi connectivity index (χ2n) is 4.27. The molecule has 0 amide bonds. The first kappa shape index (κ1) is 17.1. The third-order valence-electron chi connectivity index (χ3n) is 2.44. The largest absolute Gasteiger partial charge is 0.424 e. The molecule has 2 rings (SSSR count). The smallest absolute Gasteiger partial charge is 0.419 e. The molecule has 0 bridgehead atoms. The minimum Gasteiger partial charge on any atom is -0.424 e. The van der Waals surface area contributed by atoms with E-state index in [0.29, 0.717) is 6.07 Å². The van der Waals surface area contributed by atoms with Gasteiger partial charge in [-0.1, -0.05) is 0 Å². The van der Waals surface area contributed by atoms with E-state index in [-0.39, 0.29) is 10.7 Å². The zero-order chi connectivity index (χ0) is 17.4. The number of hydrogen-bond donors (Lipinski definition) is 0. The Labute approximate surface area is 125 Å². The number of halogens is 7. The Balaban J connectivity index is 2.33. The first-order valence-electron chi connectivity index (χ1n) is 5.77. The molecule has 1 aromatic heterocycles. The first-order chi connectivity index (χ1) is 10.5. The van der Waals surface area contributed by atoms with E-state index in [1.165, 1.54) is 0 Å². The number of aromatic nitrogens is 3. The van der Waals surface area contributed by atoms with E-state index in [0.717, 1.165) is 6.07 Å². The average molecular weight is 339 g/mol. The third kappa shape index (κ3) is 4.36. The maximum atomic E-state index is 13.1. The predicted molar refractivity (Wildman–Crippen MR) is 62.9 cm³/mol.